The Kier molecular flexibility index (Phi) is 5.84. The van der Waals surface area contributed by atoms with Crippen molar-refractivity contribution in [2.24, 2.45) is 5.10 Å². The maximum absolute atomic E-state index is 12.1. The van der Waals surface area contributed by atoms with Crippen LogP contribution >= 0.6 is 0 Å². The van der Waals surface area contributed by atoms with E-state index in [-0.39, 0.29) is 11.3 Å². The molecule has 0 heterocycles. The quantitative estimate of drug-likeness (QED) is 0.515. The fourth-order valence-corrected chi connectivity index (χ4v) is 2.57. The van der Waals surface area contributed by atoms with Crippen molar-refractivity contribution in [2.45, 2.75) is 13.5 Å². The molecule has 0 radical (unpaired) electrons. The number of nitrogens with one attached hydrogen (secondary N) is 1. The third kappa shape index (κ3) is 4.95. The third-order valence-corrected chi connectivity index (χ3v) is 3.91. The molecule has 3 aromatic rings. The molecule has 2 N–H and O–H groups in total. The molecule has 0 aliphatic heterocycles. The number of hydrazone groups is 1. The van der Waals surface area contributed by atoms with Crippen molar-refractivity contribution in [2.75, 3.05) is 0 Å². The molecule has 5 nitrogen and oxygen atoms in total. The van der Waals surface area contributed by atoms with Gasteiger partial charge in [0.2, 0.25) is 0 Å². The third-order valence-electron chi connectivity index (χ3n) is 3.91. The predicted molar refractivity (Wildman–Crippen MR) is 105 cm³/mol. The number of para-hydroxylation sites is 2. The zero-order valence-electron chi connectivity index (χ0n) is 14.9. The molecule has 5 heteroatoms. The van der Waals surface area contributed by atoms with Gasteiger partial charge in [-0.1, -0.05) is 54.1 Å². The van der Waals surface area contributed by atoms with E-state index >= 15 is 0 Å². The number of nitrogens with zero attached hydrogens (tertiary/aromatic N) is 1. The van der Waals surface area contributed by atoms with Crippen LogP contribution in [0.4, 0.5) is 0 Å². The Labute approximate surface area is 157 Å². The van der Waals surface area contributed by atoms with Crippen molar-refractivity contribution in [3.05, 3.63) is 95.1 Å². The van der Waals surface area contributed by atoms with E-state index < -0.39 is 5.91 Å². The lowest BCUT2D eigenvalue weighted by molar-refractivity contribution is 0.0952. The minimum atomic E-state index is -0.484. The normalized spacial score (nSPS) is 10.7. The minimum absolute atomic E-state index is 0.0907. The van der Waals surface area contributed by atoms with Crippen molar-refractivity contribution < 1.29 is 14.6 Å². The molecule has 3 aromatic carbocycles. The highest BCUT2D eigenvalue weighted by molar-refractivity contribution is 5.97. The summed E-state index contributed by atoms with van der Waals surface area (Å²) in [6.45, 7) is 2.48. The summed E-state index contributed by atoms with van der Waals surface area (Å²) < 4.78 is 5.90. The first-order valence-corrected chi connectivity index (χ1v) is 8.52. The molecule has 0 unspecified atom stereocenters. The standard InChI is InChI=1S/C22H20N2O3/c1-16-7-6-8-17(13-16)15-27-21-12-5-2-9-18(21)14-23-24-22(26)19-10-3-4-11-20(19)25/h2-14,25H,15H2,1H3,(H,24,26). The molecule has 0 atom stereocenters. The number of ether oxygens (including phenoxy) is 1. The Balaban J connectivity index is 1.66. The van der Waals surface area contributed by atoms with Gasteiger partial charge in [0.05, 0.1) is 11.8 Å². The minimum Gasteiger partial charge on any atom is -0.507 e. The van der Waals surface area contributed by atoms with Gasteiger partial charge in [-0.25, -0.2) is 5.43 Å². The van der Waals surface area contributed by atoms with Gasteiger partial charge in [0.25, 0.3) is 5.91 Å². The molecule has 136 valence electrons. The first-order valence-electron chi connectivity index (χ1n) is 8.52. The number of aryl methyl sites for hydroxylation is 1. The zero-order valence-corrected chi connectivity index (χ0v) is 14.9. The Hall–Kier alpha value is -3.60. The van der Waals surface area contributed by atoms with Gasteiger partial charge in [-0.05, 0) is 36.8 Å². The second-order valence-corrected chi connectivity index (χ2v) is 6.03. The molecule has 27 heavy (non-hydrogen) atoms. The maximum Gasteiger partial charge on any atom is 0.275 e. The molecule has 0 bridgehead atoms. The van der Waals surface area contributed by atoms with Crippen LogP contribution in [0.5, 0.6) is 11.5 Å². The van der Waals surface area contributed by atoms with E-state index in [4.69, 9.17) is 4.74 Å². The molecule has 0 saturated heterocycles. The van der Waals surface area contributed by atoms with E-state index in [2.05, 4.69) is 16.6 Å². The molecule has 0 spiro atoms. The fraction of sp³-hybridized carbons (Fsp3) is 0.0909. The average Bonchev–Trinajstić information content (AvgIpc) is 2.67. The number of hydrogen-bond acceptors (Lipinski definition) is 4. The van der Waals surface area contributed by atoms with Crippen LogP contribution in [-0.2, 0) is 6.61 Å². The van der Waals surface area contributed by atoms with Crippen LogP contribution in [0.25, 0.3) is 0 Å². The van der Waals surface area contributed by atoms with Crippen molar-refractivity contribution >= 4 is 12.1 Å². The molecule has 1 amide bonds. The van der Waals surface area contributed by atoms with Crippen LogP contribution in [0.2, 0.25) is 0 Å². The summed E-state index contributed by atoms with van der Waals surface area (Å²) in [5.74, 6) is 0.0918. The van der Waals surface area contributed by atoms with E-state index in [0.29, 0.717) is 12.4 Å². The summed E-state index contributed by atoms with van der Waals surface area (Å²) in [4.78, 5) is 12.1. The Bertz CT molecular complexity index is 967. The number of aromatic hydroxyl groups is 1. The lowest BCUT2D eigenvalue weighted by atomic mass is 10.1. The van der Waals surface area contributed by atoms with Gasteiger partial charge in [0, 0.05) is 5.56 Å². The highest BCUT2D eigenvalue weighted by Gasteiger charge is 2.09. The number of rotatable bonds is 6. The highest BCUT2D eigenvalue weighted by atomic mass is 16.5. The molecule has 0 saturated carbocycles. The zero-order chi connectivity index (χ0) is 19.1. The number of carbonyl (C=O) groups is 1. The summed E-state index contributed by atoms with van der Waals surface area (Å²) >= 11 is 0. The number of carbonyl (C=O) groups excluding carboxylic acids is 1. The molecule has 0 aliphatic carbocycles. The number of phenols is 1. The van der Waals surface area contributed by atoms with Gasteiger partial charge < -0.3 is 9.84 Å². The molecule has 0 aromatic heterocycles. The molecule has 0 aliphatic rings. The lowest BCUT2D eigenvalue weighted by Crippen LogP contribution is -2.17. The Morgan fingerprint density at radius 3 is 2.67 bits per heavy atom. The second-order valence-electron chi connectivity index (χ2n) is 6.03. The van der Waals surface area contributed by atoms with Crippen LogP contribution in [-0.4, -0.2) is 17.2 Å². The van der Waals surface area contributed by atoms with Gasteiger partial charge in [-0.3, -0.25) is 4.79 Å². The van der Waals surface area contributed by atoms with Crippen molar-refractivity contribution in [1.82, 2.24) is 5.43 Å². The van der Waals surface area contributed by atoms with Crippen LogP contribution in [0.3, 0.4) is 0 Å². The molecular weight excluding hydrogens is 340 g/mol. The van der Waals surface area contributed by atoms with Gasteiger partial charge in [0.15, 0.2) is 0 Å². The van der Waals surface area contributed by atoms with Crippen LogP contribution in [0, 0.1) is 6.92 Å². The molecular formula is C22H20N2O3. The first kappa shape index (κ1) is 18.2. The molecule has 3 rings (SSSR count). The van der Waals surface area contributed by atoms with Crippen molar-refractivity contribution in [3.63, 3.8) is 0 Å². The summed E-state index contributed by atoms with van der Waals surface area (Å²) in [6.07, 6.45) is 1.52. The predicted octanol–water partition coefficient (Wildman–Crippen LogP) is 4.04. The largest absolute Gasteiger partial charge is 0.507 e. The maximum atomic E-state index is 12.1. The van der Waals surface area contributed by atoms with E-state index in [1.165, 1.54) is 23.9 Å². The Morgan fingerprint density at radius 2 is 1.85 bits per heavy atom. The fourth-order valence-electron chi connectivity index (χ4n) is 2.57. The van der Waals surface area contributed by atoms with E-state index in [1.54, 1.807) is 12.1 Å². The SMILES string of the molecule is Cc1cccc(COc2ccccc2C=NNC(=O)c2ccccc2O)c1. The first-order chi connectivity index (χ1) is 13.1. The van der Waals surface area contributed by atoms with Crippen LogP contribution in [0.15, 0.2) is 77.9 Å². The number of hydrogen-bond donors (Lipinski definition) is 2. The monoisotopic (exact) mass is 360 g/mol. The second kappa shape index (κ2) is 8.67. The van der Waals surface area contributed by atoms with Crippen LogP contribution < -0.4 is 10.2 Å². The van der Waals surface area contributed by atoms with Crippen LogP contribution in [0.1, 0.15) is 27.0 Å². The molecule has 0 fully saturated rings. The van der Waals surface area contributed by atoms with Crippen molar-refractivity contribution in [3.8, 4) is 11.5 Å². The number of benzene rings is 3. The van der Waals surface area contributed by atoms with E-state index in [9.17, 15) is 9.90 Å². The number of amides is 1. The van der Waals surface area contributed by atoms with Gasteiger partial charge in [-0.2, -0.15) is 5.10 Å². The van der Waals surface area contributed by atoms with Gasteiger partial charge in [0.1, 0.15) is 18.1 Å². The average molecular weight is 360 g/mol. The smallest absolute Gasteiger partial charge is 0.275 e. The number of phenolic OH excluding ortho intramolecular Hbond substituents is 1. The van der Waals surface area contributed by atoms with Gasteiger partial charge in [-0.15, -0.1) is 0 Å². The van der Waals surface area contributed by atoms with E-state index in [1.807, 2.05) is 49.4 Å². The topological polar surface area (TPSA) is 70.9 Å². The van der Waals surface area contributed by atoms with Gasteiger partial charge >= 0.3 is 0 Å². The summed E-state index contributed by atoms with van der Waals surface area (Å²) in [5, 5.41) is 13.7. The summed E-state index contributed by atoms with van der Waals surface area (Å²) in [6, 6.07) is 21.9. The lowest BCUT2D eigenvalue weighted by Gasteiger charge is -2.09. The van der Waals surface area contributed by atoms with E-state index in [0.717, 1.165) is 11.1 Å². The van der Waals surface area contributed by atoms with Crippen molar-refractivity contribution in [1.29, 1.82) is 0 Å². The Morgan fingerprint density at radius 1 is 1.07 bits per heavy atom. The summed E-state index contributed by atoms with van der Waals surface area (Å²) in [5.41, 5.74) is 5.57. The highest BCUT2D eigenvalue weighted by Crippen LogP contribution is 2.18. The summed E-state index contributed by atoms with van der Waals surface area (Å²) in [7, 11) is 0.